The first-order valence-corrected chi connectivity index (χ1v) is 11.9. The predicted molar refractivity (Wildman–Crippen MR) is 133 cm³/mol. The first-order chi connectivity index (χ1) is 15.0. The average molecular weight is 576 g/mol. The molecule has 0 aliphatic heterocycles. The van der Waals surface area contributed by atoms with Gasteiger partial charge in [0.1, 0.15) is 18.4 Å². The molecule has 0 amide bonds. The fourth-order valence-corrected chi connectivity index (χ4v) is 5.28. The molecule has 4 nitrogen and oxygen atoms in total. The van der Waals surface area contributed by atoms with E-state index in [2.05, 4.69) is 47.9 Å². The van der Waals surface area contributed by atoms with Crippen molar-refractivity contribution in [3.63, 3.8) is 0 Å². The van der Waals surface area contributed by atoms with Gasteiger partial charge in [0, 0.05) is 10.6 Å². The van der Waals surface area contributed by atoms with Crippen LogP contribution in [0, 0.1) is 11.3 Å². The van der Waals surface area contributed by atoms with Gasteiger partial charge in [0.15, 0.2) is 5.16 Å². The Morgan fingerprint density at radius 3 is 2.55 bits per heavy atom. The number of hydrogen-bond donors (Lipinski definition) is 1. The molecular formula is C23H14Br2ClN3OS. The smallest absolute Gasteiger partial charge is 0.171 e. The van der Waals surface area contributed by atoms with Gasteiger partial charge in [-0.25, -0.2) is 4.98 Å². The van der Waals surface area contributed by atoms with Crippen LogP contribution in [0.15, 0.2) is 79.7 Å². The number of aromatic amines is 1. The van der Waals surface area contributed by atoms with E-state index in [0.717, 1.165) is 31.1 Å². The number of para-hydroxylation sites is 2. The SMILES string of the molecule is N#C/C(=C\c1cc(Br)c(OCc2ccccc2Cl)c(Br)c1)Sc1nc2ccccc2[nH]1. The summed E-state index contributed by atoms with van der Waals surface area (Å²) in [6, 6.07) is 21.4. The maximum Gasteiger partial charge on any atom is 0.171 e. The summed E-state index contributed by atoms with van der Waals surface area (Å²) in [7, 11) is 0. The highest BCUT2D eigenvalue weighted by molar-refractivity contribution is 9.11. The van der Waals surface area contributed by atoms with Crippen molar-refractivity contribution in [2.75, 3.05) is 0 Å². The number of H-pyrrole nitrogens is 1. The first kappa shape index (κ1) is 22.0. The van der Waals surface area contributed by atoms with E-state index in [9.17, 15) is 5.26 Å². The fraction of sp³-hybridized carbons (Fsp3) is 0.0435. The van der Waals surface area contributed by atoms with Gasteiger partial charge in [0.2, 0.25) is 0 Å². The van der Waals surface area contributed by atoms with Gasteiger partial charge in [0.05, 0.1) is 24.9 Å². The van der Waals surface area contributed by atoms with Gasteiger partial charge >= 0.3 is 0 Å². The van der Waals surface area contributed by atoms with E-state index in [1.807, 2.05) is 66.7 Å². The molecule has 8 heteroatoms. The molecule has 1 heterocycles. The molecular weight excluding hydrogens is 562 g/mol. The molecule has 4 aromatic rings. The zero-order valence-electron chi connectivity index (χ0n) is 15.9. The van der Waals surface area contributed by atoms with E-state index < -0.39 is 0 Å². The molecule has 1 N–H and O–H groups in total. The Bertz CT molecular complexity index is 1270. The minimum absolute atomic E-state index is 0.345. The van der Waals surface area contributed by atoms with Crippen LogP contribution in [0.5, 0.6) is 5.75 Å². The summed E-state index contributed by atoms with van der Waals surface area (Å²) in [5.41, 5.74) is 3.56. The minimum atomic E-state index is 0.345. The number of nitrogens with zero attached hydrogens (tertiary/aromatic N) is 2. The van der Waals surface area contributed by atoms with Crippen LogP contribution in [0.25, 0.3) is 17.1 Å². The van der Waals surface area contributed by atoms with Crippen molar-refractivity contribution in [3.05, 3.63) is 90.7 Å². The van der Waals surface area contributed by atoms with Crippen LogP contribution in [0.1, 0.15) is 11.1 Å². The lowest BCUT2D eigenvalue weighted by molar-refractivity contribution is 0.302. The molecule has 4 rings (SSSR count). The first-order valence-electron chi connectivity index (χ1n) is 9.13. The van der Waals surface area contributed by atoms with Crippen molar-refractivity contribution in [2.24, 2.45) is 0 Å². The highest BCUT2D eigenvalue weighted by Gasteiger charge is 2.12. The van der Waals surface area contributed by atoms with Crippen molar-refractivity contribution in [2.45, 2.75) is 11.8 Å². The molecule has 1 aromatic heterocycles. The second-order valence-electron chi connectivity index (χ2n) is 6.48. The quantitative estimate of drug-likeness (QED) is 0.187. The molecule has 0 atom stereocenters. The Morgan fingerprint density at radius 2 is 1.84 bits per heavy atom. The summed E-state index contributed by atoms with van der Waals surface area (Å²) in [5, 5.41) is 10.9. The number of hydrogen-bond acceptors (Lipinski definition) is 4. The zero-order valence-corrected chi connectivity index (χ0v) is 20.6. The van der Waals surface area contributed by atoms with E-state index in [0.29, 0.717) is 27.4 Å². The third-order valence-electron chi connectivity index (χ3n) is 4.33. The number of aromatic nitrogens is 2. The largest absolute Gasteiger partial charge is 0.486 e. The Kier molecular flexibility index (Phi) is 7.03. The fourth-order valence-electron chi connectivity index (χ4n) is 2.88. The number of nitrogens with one attached hydrogen (secondary N) is 1. The summed E-state index contributed by atoms with van der Waals surface area (Å²) in [6.45, 7) is 0.345. The molecule has 0 fully saturated rings. The number of ether oxygens (including phenoxy) is 1. The van der Waals surface area contributed by atoms with Crippen LogP contribution in [-0.4, -0.2) is 9.97 Å². The Balaban J connectivity index is 1.53. The van der Waals surface area contributed by atoms with Crippen molar-refractivity contribution < 1.29 is 4.74 Å². The van der Waals surface area contributed by atoms with E-state index in [-0.39, 0.29) is 0 Å². The zero-order chi connectivity index (χ0) is 21.8. The van der Waals surface area contributed by atoms with Crippen LogP contribution in [-0.2, 0) is 6.61 Å². The summed E-state index contributed by atoms with van der Waals surface area (Å²) in [5.74, 6) is 0.667. The molecule has 154 valence electrons. The normalized spacial score (nSPS) is 11.5. The lowest BCUT2D eigenvalue weighted by Crippen LogP contribution is -1.98. The third-order valence-corrected chi connectivity index (χ3v) is 6.70. The molecule has 0 saturated carbocycles. The Labute approximate surface area is 205 Å². The van der Waals surface area contributed by atoms with Crippen molar-refractivity contribution in [3.8, 4) is 11.8 Å². The molecule has 0 unspecified atom stereocenters. The maximum atomic E-state index is 9.61. The maximum absolute atomic E-state index is 9.61. The van der Waals surface area contributed by atoms with Gasteiger partial charge < -0.3 is 9.72 Å². The number of thioether (sulfide) groups is 1. The van der Waals surface area contributed by atoms with E-state index >= 15 is 0 Å². The number of fused-ring (bicyclic) bond motifs is 1. The van der Waals surface area contributed by atoms with Crippen molar-refractivity contribution in [1.82, 2.24) is 9.97 Å². The number of nitriles is 1. The molecule has 0 aliphatic rings. The topological polar surface area (TPSA) is 61.7 Å². The van der Waals surface area contributed by atoms with Crippen LogP contribution in [0.4, 0.5) is 0 Å². The average Bonchev–Trinajstić information content (AvgIpc) is 3.16. The summed E-state index contributed by atoms with van der Waals surface area (Å²) in [6.07, 6.45) is 1.81. The second-order valence-corrected chi connectivity index (χ2v) is 9.62. The lowest BCUT2D eigenvalue weighted by atomic mass is 10.2. The van der Waals surface area contributed by atoms with Crippen molar-refractivity contribution in [1.29, 1.82) is 5.26 Å². The van der Waals surface area contributed by atoms with Gasteiger partial charge in [-0.2, -0.15) is 5.26 Å². The molecule has 0 spiro atoms. The Morgan fingerprint density at radius 1 is 1.13 bits per heavy atom. The lowest BCUT2D eigenvalue weighted by Gasteiger charge is -2.12. The number of halogens is 3. The van der Waals surface area contributed by atoms with E-state index in [1.54, 1.807) is 0 Å². The molecule has 31 heavy (non-hydrogen) atoms. The standard InChI is InChI=1S/C23H14Br2ClN3OS/c24-17-10-14(11-18(25)22(17)30-13-15-5-1-2-6-19(15)26)9-16(12-27)31-23-28-20-7-3-4-8-21(20)29-23/h1-11H,13H2,(H,28,29)/b16-9+. The number of imidazole rings is 1. The highest BCUT2D eigenvalue weighted by Crippen LogP contribution is 2.37. The number of rotatable bonds is 6. The summed E-state index contributed by atoms with van der Waals surface area (Å²) >= 11 is 14.6. The number of allylic oxidation sites excluding steroid dienone is 1. The van der Waals surface area contributed by atoms with Gasteiger partial charge in [-0.1, -0.05) is 41.9 Å². The minimum Gasteiger partial charge on any atom is -0.486 e. The third kappa shape index (κ3) is 5.34. The van der Waals surface area contributed by atoms with Crippen LogP contribution >= 0.6 is 55.2 Å². The van der Waals surface area contributed by atoms with E-state index in [1.165, 1.54) is 11.8 Å². The summed E-state index contributed by atoms with van der Waals surface area (Å²) < 4.78 is 7.51. The second kappa shape index (κ2) is 9.92. The van der Waals surface area contributed by atoms with E-state index in [4.69, 9.17) is 16.3 Å². The highest BCUT2D eigenvalue weighted by atomic mass is 79.9. The Hall–Kier alpha value is -2.24. The van der Waals surface area contributed by atoms with Crippen LogP contribution in [0.2, 0.25) is 5.02 Å². The molecule has 0 bridgehead atoms. The van der Waals surface area contributed by atoms with Gasteiger partial charge in [-0.05, 0) is 85.6 Å². The molecule has 0 radical (unpaired) electrons. The van der Waals surface area contributed by atoms with Gasteiger partial charge in [-0.3, -0.25) is 0 Å². The van der Waals surface area contributed by atoms with Gasteiger partial charge in [-0.15, -0.1) is 0 Å². The molecule has 3 aromatic carbocycles. The van der Waals surface area contributed by atoms with Gasteiger partial charge in [0.25, 0.3) is 0 Å². The van der Waals surface area contributed by atoms with Crippen molar-refractivity contribution >= 4 is 72.3 Å². The molecule has 0 aliphatic carbocycles. The summed E-state index contributed by atoms with van der Waals surface area (Å²) in [4.78, 5) is 8.26. The monoisotopic (exact) mass is 573 g/mol. The number of benzene rings is 3. The van der Waals surface area contributed by atoms with Crippen LogP contribution < -0.4 is 4.74 Å². The predicted octanol–water partition coefficient (Wildman–Crippen LogP) is 7.98. The molecule has 0 saturated heterocycles. The van der Waals surface area contributed by atoms with Crippen LogP contribution in [0.3, 0.4) is 0 Å².